The Kier molecular flexibility index (Phi) is 7.86. The van der Waals surface area contributed by atoms with Crippen molar-refractivity contribution in [2.45, 2.75) is 50.0 Å². The quantitative estimate of drug-likeness (QED) is 0.580. The third-order valence-electron chi connectivity index (χ3n) is 5.33. The molecular formula is C22H26Cl2N2O4S. The van der Waals surface area contributed by atoms with Crippen molar-refractivity contribution in [3.05, 3.63) is 52.0 Å². The first-order chi connectivity index (χ1) is 14.7. The number of hydrogen-bond acceptors (Lipinski definition) is 4. The van der Waals surface area contributed by atoms with Gasteiger partial charge in [0.2, 0.25) is 15.9 Å². The van der Waals surface area contributed by atoms with Crippen molar-refractivity contribution in [2.75, 3.05) is 19.0 Å². The standard InChI is InChI=1S/C22H26Cl2N2O4S/c1-15-8-9-20(30-2)21(10-15)31(28,29)26(19-6-4-3-5-7-19)14-22(27)25-18-12-16(23)11-17(24)13-18/h8-13,19H,3-7,14H2,1-2H3,(H,25,27). The van der Waals surface area contributed by atoms with Crippen LogP contribution in [0.1, 0.15) is 37.7 Å². The summed E-state index contributed by atoms with van der Waals surface area (Å²) in [5, 5.41) is 3.47. The number of nitrogens with one attached hydrogen (secondary N) is 1. The lowest BCUT2D eigenvalue weighted by atomic mass is 9.95. The van der Waals surface area contributed by atoms with Crippen LogP contribution in [0, 0.1) is 6.92 Å². The van der Waals surface area contributed by atoms with Gasteiger partial charge in [0.15, 0.2) is 0 Å². The Morgan fingerprint density at radius 1 is 1.10 bits per heavy atom. The van der Waals surface area contributed by atoms with Crippen LogP contribution in [-0.2, 0) is 14.8 Å². The minimum Gasteiger partial charge on any atom is -0.495 e. The number of carbonyl (C=O) groups is 1. The van der Waals surface area contributed by atoms with Gasteiger partial charge in [-0.25, -0.2) is 8.42 Å². The summed E-state index contributed by atoms with van der Waals surface area (Å²) >= 11 is 12.0. The molecule has 6 nitrogen and oxygen atoms in total. The van der Waals surface area contributed by atoms with E-state index in [9.17, 15) is 13.2 Å². The lowest BCUT2D eigenvalue weighted by molar-refractivity contribution is -0.116. The van der Waals surface area contributed by atoms with Crippen LogP contribution in [0.5, 0.6) is 5.75 Å². The molecule has 1 fully saturated rings. The molecule has 1 amide bonds. The van der Waals surface area contributed by atoms with Crippen molar-refractivity contribution < 1.29 is 17.9 Å². The highest BCUT2D eigenvalue weighted by atomic mass is 35.5. The van der Waals surface area contributed by atoms with Crippen LogP contribution in [0.15, 0.2) is 41.3 Å². The van der Waals surface area contributed by atoms with Crippen molar-refractivity contribution in [3.63, 3.8) is 0 Å². The van der Waals surface area contributed by atoms with Gasteiger partial charge in [0, 0.05) is 21.8 Å². The molecule has 2 aromatic carbocycles. The molecule has 168 valence electrons. The first-order valence-electron chi connectivity index (χ1n) is 10.1. The number of hydrogen-bond donors (Lipinski definition) is 1. The van der Waals surface area contributed by atoms with Gasteiger partial charge in [-0.3, -0.25) is 4.79 Å². The largest absolute Gasteiger partial charge is 0.495 e. The fourth-order valence-electron chi connectivity index (χ4n) is 3.86. The van der Waals surface area contributed by atoms with Crippen molar-refractivity contribution in [2.24, 2.45) is 0 Å². The molecule has 0 bridgehead atoms. The van der Waals surface area contributed by atoms with Crippen molar-refractivity contribution in [1.82, 2.24) is 4.31 Å². The number of sulfonamides is 1. The first-order valence-corrected chi connectivity index (χ1v) is 12.3. The SMILES string of the molecule is COc1ccc(C)cc1S(=O)(=O)N(CC(=O)Nc1cc(Cl)cc(Cl)c1)C1CCCCC1. The van der Waals surface area contributed by atoms with Gasteiger partial charge in [0.25, 0.3) is 0 Å². The van der Waals surface area contributed by atoms with E-state index in [0.29, 0.717) is 28.6 Å². The van der Waals surface area contributed by atoms with Crippen LogP contribution >= 0.6 is 23.2 Å². The van der Waals surface area contributed by atoms with E-state index in [2.05, 4.69) is 5.32 Å². The summed E-state index contributed by atoms with van der Waals surface area (Å²) in [4.78, 5) is 12.9. The number of aryl methyl sites for hydroxylation is 1. The zero-order valence-electron chi connectivity index (χ0n) is 17.5. The minimum absolute atomic E-state index is 0.0687. The van der Waals surface area contributed by atoms with Gasteiger partial charge in [-0.15, -0.1) is 0 Å². The number of benzene rings is 2. The van der Waals surface area contributed by atoms with Gasteiger partial charge in [0.05, 0.1) is 13.7 Å². The zero-order chi connectivity index (χ0) is 22.6. The summed E-state index contributed by atoms with van der Waals surface area (Å²) in [5.41, 5.74) is 1.21. The summed E-state index contributed by atoms with van der Waals surface area (Å²) in [6.45, 7) is 1.51. The van der Waals surface area contributed by atoms with Crippen LogP contribution in [0.25, 0.3) is 0 Å². The van der Waals surface area contributed by atoms with Crippen molar-refractivity contribution >= 4 is 44.8 Å². The molecule has 1 N–H and O–H groups in total. The highest BCUT2D eigenvalue weighted by molar-refractivity contribution is 7.89. The number of carbonyl (C=O) groups excluding carboxylic acids is 1. The topological polar surface area (TPSA) is 75.7 Å². The van der Waals surface area contributed by atoms with Gasteiger partial charge < -0.3 is 10.1 Å². The Bertz CT molecular complexity index is 1030. The number of rotatable bonds is 7. The molecule has 2 aromatic rings. The van der Waals surface area contributed by atoms with Gasteiger partial charge in [-0.05, 0) is 55.7 Å². The van der Waals surface area contributed by atoms with Crippen molar-refractivity contribution in [3.8, 4) is 5.75 Å². The molecule has 1 aliphatic rings. The number of ether oxygens (including phenoxy) is 1. The predicted molar refractivity (Wildman–Crippen MR) is 124 cm³/mol. The fourth-order valence-corrected chi connectivity index (χ4v) is 6.27. The van der Waals surface area contributed by atoms with Crippen LogP contribution in [-0.4, -0.2) is 38.3 Å². The van der Waals surface area contributed by atoms with E-state index in [4.69, 9.17) is 27.9 Å². The zero-order valence-corrected chi connectivity index (χ0v) is 19.9. The molecular weight excluding hydrogens is 459 g/mol. The Morgan fingerprint density at radius 3 is 2.35 bits per heavy atom. The Balaban J connectivity index is 1.92. The lowest BCUT2D eigenvalue weighted by Crippen LogP contribution is -2.45. The molecule has 0 spiro atoms. The Labute approximate surface area is 193 Å². The Hall–Kier alpha value is -1.80. The lowest BCUT2D eigenvalue weighted by Gasteiger charge is -2.33. The summed E-state index contributed by atoms with van der Waals surface area (Å²) in [6.07, 6.45) is 4.33. The van der Waals surface area contributed by atoms with Crippen LogP contribution < -0.4 is 10.1 Å². The Morgan fingerprint density at radius 2 is 1.74 bits per heavy atom. The molecule has 0 heterocycles. The molecule has 3 rings (SSSR count). The molecule has 0 aromatic heterocycles. The maximum atomic E-state index is 13.7. The summed E-state index contributed by atoms with van der Waals surface area (Å²) in [6, 6.07) is 9.44. The van der Waals surface area contributed by atoms with Crippen LogP contribution in [0.4, 0.5) is 5.69 Å². The summed E-state index contributed by atoms with van der Waals surface area (Å²) in [7, 11) is -2.54. The van der Waals surface area contributed by atoms with Gasteiger partial charge in [-0.1, -0.05) is 48.5 Å². The molecule has 0 unspecified atom stereocenters. The van der Waals surface area contributed by atoms with Crippen LogP contribution in [0.3, 0.4) is 0 Å². The van der Waals surface area contributed by atoms with E-state index in [-0.39, 0.29) is 23.2 Å². The number of nitrogens with zero attached hydrogens (tertiary/aromatic N) is 1. The second-order valence-corrected chi connectivity index (χ2v) is 10.4. The number of halogens is 2. The van der Waals surface area contributed by atoms with E-state index >= 15 is 0 Å². The van der Waals surface area contributed by atoms with Crippen LogP contribution in [0.2, 0.25) is 10.0 Å². The maximum absolute atomic E-state index is 13.7. The van der Waals surface area contributed by atoms with Gasteiger partial charge >= 0.3 is 0 Å². The minimum atomic E-state index is -3.97. The monoisotopic (exact) mass is 484 g/mol. The fraction of sp³-hybridized carbons (Fsp3) is 0.409. The van der Waals surface area contributed by atoms with E-state index in [1.165, 1.54) is 11.4 Å². The normalized spacial score (nSPS) is 15.1. The maximum Gasteiger partial charge on any atom is 0.247 e. The number of amides is 1. The molecule has 0 atom stereocenters. The molecule has 0 aliphatic heterocycles. The average Bonchev–Trinajstić information content (AvgIpc) is 2.71. The van der Waals surface area contributed by atoms with E-state index < -0.39 is 15.9 Å². The summed E-state index contributed by atoms with van der Waals surface area (Å²) < 4.78 is 34.0. The predicted octanol–water partition coefficient (Wildman–Crippen LogP) is 5.27. The summed E-state index contributed by atoms with van der Waals surface area (Å²) in [5.74, 6) is -0.201. The highest BCUT2D eigenvalue weighted by Crippen LogP contribution is 2.32. The number of methoxy groups -OCH3 is 1. The second-order valence-electron chi connectivity index (χ2n) is 7.70. The second kappa shape index (κ2) is 10.2. The molecule has 31 heavy (non-hydrogen) atoms. The van der Waals surface area contributed by atoms with Gasteiger partial charge in [-0.2, -0.15) is 4.31 Å². The first kappa shape index (κ1) is 23.9. The molecule has 1 aliphatic carbocycles. The smallest absolute Gasteiger partial charge is 0.247 e. The van der Waals surface area contributed by atoms with E-state index in [1.807, 2.05) is 6.92 Å². The van der Waals surface area contributed by atoms with E-state index in [1.54, 1.807) is 36.4 Å². The highest BCUT2D eigenvalue weighted by Gasteiger charge is 2.35. The van der Waals surface area contributed by atoms with E-state index in [0.717, 1.165) is 24.8 Å². The molecule has 0 saturated heterocycles. The molecule has 1 saturated carbocycles. The molecule has 0 radical (unpaired) electrons. The third kappa shape index (κ3) is 5.92. The number of anilines is 1. The van der Waals surface area contributed by atoms with Gasteiger partial charge in [0.1, 0.15) is 10.6 Å². The average molecular weight is 485 g/mol. The van der Waals surface area contributed by atoms with Crippen molar-refractivity contribution in [1.29, 1.82) is 0 Å². The third-order valence-corrected chi connectivity index (χ3v) is 7.69. The molecule has 9 heteroatoms.